The van der Waals surface area contributed by atoms with Crippen LogP contribution in [0.25, 0.3) is 11.1 Å². The Morgan fingerprint density at radius 1 is 1.00 bits per heavy atom. The number of halogens is 1. The van der Waals surface area contributed by atoms with Crippen LogP contribution in [0.1, 0.15) is 48.9 Å². The molecule has 176 valence electrons. The van der Waals surface area contributed by atoms with Gasteiger partial charge in [-0.3, -0.25) is 4.90 Å². The van der Waals surface area contributed by atoms with Crippen molar-refractivity contribution in [1.29, 1.82) is 0 Å². The van der Waals surface area contributed by atoms with Crippen molar-refractivity contribution in [2.24, 2.45) is 0 Å². The molecule has 2 heterocycles. The molecule has 1 aliphatic heterocycles. The minimum Gasteiger partial charge on any atom is -0.383 e. The third-order valence-corrected chi connectivity index (χ3v) is 6.98. The molecular formula is C28H37ClN4. The average molecular weight is 465 g/mol. The molecule has 0 aliphatic carbocycles. The molecule has 4 nitrogen and oxygen atoms in total. The molecule has 3 aromatic rings. The maximum atomic E-state index is 6.00. The lowest BCUT2D eigenvalue weighted by atomic mass is 9.88. The van der Waals surface area contributed by atoms with Crippen molar-refractivity contribution in [3.63, 3.8) is 0 Å². The molecule has 1 aromatic heterocycles. The number of anilines is 1. The van der Waals surface area contributed by atoms with E-state index in [1.54, 1.807) is 0 Å². The number of rotatable bonds is 6. The van der Waals surface area contributed by atoms with Crippen molar-refractivity contribution in [2.45, 2.75) is 58.7 Å². The maximum absolute atomic E-state index is 6.00. The first kappa shape index (κ1) is 25.2. The smallest absolute Gasteiger partial charge is 0.126 e. The SMILES string of the molecule is Cc1c(-c2cccc(C(C)(C)NC3CCN(Cc4ccccc4)CC3)c2)cnc(N)c1C.Cl. The molecule has 0 spiro atoms. The van der Waals surface area contributed by atoms with E-state index in [0.717, 1.165) is 30.8 Å². The van der Waals surface area contributed by atoms with Gasteiger partial charge < -0.3 is 11.1 Å². The molecule has 3 N–H and O–H groups in total. The predicted molar refractivity (Wildman–Crippen MR) is 142 cm³/mol. The summed E-state index contributed by atoms with van der Waals surface area (Å²) in [7, 11) is 0. The zero-order chi connectivity index (χ0) is 22.7. The van der Waals surface area contributed by atoms with Crippen LogP contribution in [-0.4, -0.2) is 29.0 Å². The van der Waals surface area contributed by atoms with Crippen LogP contribution in [0.4, 0.5) is 5.82 Å². The highest BCUT2D eigenvalue weighted by Gasteiger charge is 2.27. The van der Waals surface area contributed by atoms with Gasteiger partial charge in [0.05, 0.1) is 0 Å². The third kappa shape index (κ3) is 5.94. The van der Waals surface area contributed by atoms with Gasteiger partial charge in [-0.2, -0.15) is 0 Å². The van der Waals surface area contributed by atoms with Crippen molar-refractivity contribution in [2.75, 3.05) is 18.8 Å². The van der Waals surface area contributed by atoms with Gasteiger partial charge in [0.1, 0.15) is 5.82 Å². The molecule has 33 heavy (non-hydrogen) atoms. The summed E-state index contributed by atoms with van der Waals surface area (Å²) < 4.78 is 0. The van der Waals surface area contributed by atoms with Crippen molar-refractivity contribution >= 4 is 18.2 Å². The first-order chi connectivity index (χ1) is 15.3. The Kier molecular flexibility index (Phi) is 8.17. The number of nitrogen functional groups attached to an aromatic ring is 1. The van der Waals surface area contributed by atoms with Crippen molar-refractivity contribution < 1.29 is 0 Å². The van der Waals surface area contributed by atoms with Crippen LogP contribution in [0.5, 0.6) is 0 Å². The normalized spacial score (nSPS) is 15.3. The van der Waals surface area contributed by atoms with Gasteiger partial charge >= 0.3 is 0 Å². The second kappa shape index (κ2) is 10.7. The highest BCUT2D eigenvalue weighted by molar-refractivity contribution is 5.85. The number of benzene rings is 2. The van der Waals surface area contributed by atoms with Crippen molar-refractivity contribution in [3.05, 3.63) is 83.0 Å². The van der Waals surface area contributed by atoms with Crippen LogP contribution in [0, 0.1) is 13.8 Å². The van der Waals surface area contributed by atoms with Gasteiger partial charge in [-0.05, 0) is 87.5 Å². The third-order valence-electron chi connectivity index (χ3n) is 6.98. The Bertz CT molecular complexity index is 1060. The van der Waals surface area contributed by atoms with Crippen LogP contribution in [-0.2, 0) is 12.1 Å². The average Bonchev–Trinajstić information content (AvgIpc) is 2.79. The summed E-state index contributed by atoms with van der Waals surface area (Å²) in [6.07, 6.45) is 4.26. The molecule has 1 saturated heterocycles. The molecule has 1 aliphatic rings. The minimum absolute atomic E-state index is 0. The van der Waals surface area contributed by atoms with Crippen LogP contribution >= 0.6 is 12.4 Å². The van der Waals surface area contributed by atoms with Crippen LogP contribution < -0.4 is 11.1 Å². The van der Waals surface area contributed by atoms with E-state index < -0.39 is 0 Å². The van der Waals surface area contributed by atoms with E-state index in [9.17, 15) is 0 Å². The fraction of sp³-hybridized carbons (Fsp3) is 0.393. The molecule has 4 rings (SSSR count). The quantitative estimate of drug-likeness (QED) is 0.479. The van der Waals surface area contributed by atoms with Crippen LogP contribution in [0.2, 0.25) is 0 Å². The van der Waals surface area contributed by atoms with Gasteiger partial charge in [-0.15, -0.1) is 12.4 Å². The second-order valence-electron chi connectivity index (χ2n) is 9.69. The Morgan fingerprint density at radius 3 is 2.39 bits per heavy atom. The number of piperidine rings is 1. The Balaban J connectivity index is 0.00000306. The van der Waals surface area contributed by atoms with Crippen LogP contribution in [0.15, 0.2) is 60.8 Å². The Labute approximate surface area is 205 Å². The van der Waals surface area contributed by atoms with Gasteiger partial charge in [0.15, 0.2) is 0 Å². The molecule has 1 fully saturated rings. The number of aromatic nitrogens is 1. The summed E-state index contributed by atoms with van der Waals surface area (Å²) in [6.45, 7) is 12.1. The first-order valence-electron chi connectivity index (χ1n) is 11.7. The summed E-state index contributed by atoms with van der Waals surface area (Å²) in [6, 6.07) is 20.2. The second-order valence-corrected chi connectivity index (χ2v) is 9.69. The van der Waals surface area contributed by atoms with E-state index in [4.69, 9.17) is 5.73 Å². The molecule has 5 heteroatoms. The van der Waals surface area contributed by atoms with E-state index in [1.165, 1.54) is 35.1 Å². The molecule has 0 amide bonds. The van der Waals surface area contributed by atoms with Gasteiger partial charge in [-0.1, -0.05) is 48.5 Å². The fourth-order valence-corrected chi connectivity index (χ4v) is 4.76. The summed E-state index contributed by atoms with van der Waals surface area (Å²) in [5, 5.41) is 3.95. The van der Waals surface area contributed by atoms with Crippen molar-refractivity contribution in [1.82, 2.24) is 15.2 Å². The highest BCUT2D eigenvalue weighted by atomic mass is 35.5. The zero-order valence-corrected chi connectivity index (χ0v) is 21.1. The lowest BCUT2D eigenvalue weighted by Crippen LogP contribution is -2.49. The van der Waals surface area contributed by atoms with Gasteiger partial charge in [0, 0.05) is 29.9 Å². The summed E-state index contributed by atoms with van der Waals surface area (Å²) in [4.78, 5) is 6.97. The monoisotopic (exact) mass is 464 g/mol. The van der Waals surface area contributed by atoms with E-state index >= 15 is 0 Å². The summed E-state index contributed by atoms with van der Waals surface area (Å²) in [5.41, 5.74) is 13.2. The first-order valence-corrected chi connectivity index (χ1v) is 11.7. The number of hydrogen-bond donors (Lipinski definition) is 2. The maximum Gasteiger partial charge on any atom is 0.126 e. The molecular weight excluding hydrogens is 428 g/mol. The number of nitrogens with one attached hydrogen (secondary N) is 1. The van der Waals surface area contributed by atoms with E-state index in [1.807, 2.05) is 13.1 Å². The summed E-state index contributed by atoms with van der Waals surface area (Å²) in [5.74, 6) is 0.614. The minimum atomic E-state index is -0.105. The number of nitrogens with zero attached hydrogens (tertiary/aromatic N) is 2. The molecule has 0 radical (unpaired) electrons. The zero-order valence-electron chi connectivity index (χ0n) is 20.3. The van der Waals surface area contributed by atoms with Gasteiger partial charge in [0.25, 0.3) is 0 Å². The fourth-order valence-electron chi connectivity index (χ4n) is 4.76. The number of likely N-dealkylation sites (tertiary alicyclic amines) is 1. The Morgan fingerprint density at radius 2 is 1.70 bits per heavy atom. The predicted octanol–water partition coefficient (Wildman–Crippen LogP) is 5.86. The van der Waals surface area contributed by atoms with Crippen LogP contribution in [0.3, 0.4) is 0 Å². The van der Waals surface area contributed by atoms with Gasteiger partial charge in [0.2, 0.25) is 0 Å². The lowest BCUT2D eigenvalue weighted by Gasteiger charge is -2.38. The molecule has 0 saturated carbocycles. The molecule has 2 aromatic carbocycles. The number of nitrogens with two attached hydrogens (primary N) is 1. The van der Waals surface area contributed by atoms with E-state index in [0.29, 0.717) is 11.9 Å². The topological polar surface area (TPSA) is 54.2 Å². The molecule has 0 unspecified atom stereocenters. The van der Waals surface area contributed by atoms with Gasteiger partial charge in [-0.25, -0.2) is 4.98 Å². The molecule has 0 bridgehead atoms. The standard InChI is InChI=1S/C28H36N4.ClH/c1-20-21(2)27(29)30-18-26(20)23-11-8-12-24(17-23)28(3,4)31-25-13-15-32(16-14-25)19-22-9-6-5-7-10-22;/h5-12,17-18,25,31H,13-16,19H2,1-4H3,(H2,29,30);1H. The van der Waals surface area contributed by atoms with E-state index in [-0.39, 0.29) is 17.9 Å². The molecule has 0 atom stereocenters. The Hall–Kier alpha value is -2.40. The highest BCUT2D eigenvalue weighted by Crippen LogP contribution is 2.31. The number of hydrogen-bond acceptors (Lipinski definition) is 4. The lowest BCUT2D eigenvalue weighted by molar-refractivity contribution is 0.171. The largest absolute Gasteiger partial charge is 0.383 e. The van der Waals surface area contributed by atoms with E-state index in [2.05, 4.69) is 90.6 Å². The van der Waals surface area contributed by atoms with Crippen molar-refractivity contribution in [3.8, 4) is 11.1 Å². The summed E-state index contributed by atoms with van der Waals surface area (Å²) >= 11 is 0. The number of pyridine rings is 1.